The number of hydrogen-bond acceptors (Lipinski definition) is 6. The molecule has 1 aliphatic rings. The number of benzene rings is 1. The number of anilines is 2. The maximum atomic E-state index is 5.99. The maximum Gasteiger partial charge on any atom is 0.222 e. The molecule has 0 spiro atoms. The molecule has 7 heteroatoms. The summed E-state index contributed by atoms with van der Waals surface area (Å²) in [6, 6.07) is 7.92. The SMILES string of the molecule is CC1(C)CCC(COc2ccc3c(Nc4cnc(Cl)nc4)nccc3c2)O1. The number of ether oxygens (including phenoxy) is 2. The van der Waals surface area contributed by atoms with E-state index in [1.807, 2.05) is 24.3 Å². The highest BCUT2D eigenvalue weighted by Crippen LogP contribution is 2.31. The fourth-order valence-electron chi connectivity index (χ4n) is 3.24. The third kappa shape index (κ3) is 4.28. The standard InChI is InChI=1S/C20H21ClN4O2/c1-20(2)7-5-16(27-20)12-26-15-3-4-17-13(9-15)6-8-22-18(17)25-14-10-23-19(21)24-11-14/h3-4,6,8-11,16H,5,7,12H2,1-2H3,(H,22,25). The number of halogens is 1. The van der Waals surface area contributed by atoms with Crippen molar-refractivity contribution in [2.75, 3.05) is 11.9 Å². The summed E-state index contributed by atoms with van der Waals surface area (Å²) in [5.74, 6) is 1.55. The quantitative estimate of drug-likeness (QED) is 0.639. The molecule has 1 unspecified atom stereocenters. The van der Waals surface area contributed by atoms with Crippen molar-refractivity contribution in [3.8, 4) is 5.75 Å². The summed E-state index contributed by atoms with van der Waals surface area (Å²) in [6.07, 6.45) is 7.24. The van der Waals surface area contributed by atoms with Crippen LogP contribution in [0.25, 0.3) is 10.8 Å². The van der Waals surface area contributed by atoms with Crippen LogP contribution in [0.4, 0.5) is 11.5 Å². The van der Waals surface area contributed by atoms with E-state index in [9.17, 15) is 0 Å². The number of rotatable bonds is 5. The van der Waals surface area contributed by atoms with Gasteiger partial charge in [0.05, 0.1) is 29.8 Å². The lowest BCUT2D eigenvalue weighted by molar-refractivity contribution is -0.0326. The first kappa shape index (κ1) is 17.9. The number of nitrogens with zero attached hydrogens (tertiary/aromatic N) is 3. The van der Waals surface area contributed by atoms with Crippen LogP contribution in [-0.2, 0) is 4.74 Å². The van der Waals surface area contributed by atoms with Gasteiger partial charge < -0.3 is 14.8 Å². The van der Waals surface area contributed by atoms with Gasteiger partial charge in [0.1, 0.15) is 18.2 Å². The van der Waals surface area contributed by atoms with Crippen molar-refractivity contribution in [1.29, 1.82) is 0 Å². The lowest BCUT2D eigenvalue weighted by Crippen LogP contribution is -2.23. The van der Waals surface area contributed by atoms with Gasteiger partial charge >= 0.3 is 0 Å². The van der Waals surface area contributed by atoms with Gasteiger partial charge in [0, 0.05) is 11.6 Å². The monoisotopic (exact) mass is 384 g/mol. The Hall–Kier alpha value is -2.44. The van der Waals surface area contributed by atoms with Gasteiger partial charge in [-0.1, -0.05) is 0 Å². The molecule has 3 aromatic rings. The van der Waals surface area contributed by atoms with E-state index in [2.05, 4.69) is 34.1 Å². The van der Waals surface area contributed by atoms with E-state index in [0.29, 0.717) is 6.61 Å². The zero-order valence-corrected chi connectivity index (χ0v) is 16.0. The highest BCUT2D eigenvalue weighted by molar-refractivity contribution is 6.28. The lowest BCUT2D eigenvalue weighted by Gasteiger charge is -2.19. The molecule has 1 aliphatic heterocycles. The molecule has 0 saturated carbocycles. The predicted molar refractivity (Wildman–Crippen MR) is 106 cm³/mol. The first-order valence-corrected chi connectivity index (χ1v) is 9.30. The van der Waals surface area contributed by atoms with Crippen molar-refractivity contribution < 1.29 is 9.47 Å². The molecule has 2 aromatic heterocycles. The number of fused-ring (bicyclic) bond motifs is 1. The molecule has 6 nitrogen and oxygen atoms in total. The predicted octanol–water partition coefficient (Wildman–Crippen LogP) is 4.76. The summed E-state index contributed by atoms with van der Waals surface area (Å²) in [7, 11) is 0. The Labute approximate surface area is 162 Å². The van der Waals surface area contributed by atoms with Crippen LogP contribution in [0.2, 0.25) is 5.28 Å². The molecule has 1 N–H and O–H groups in total. The van der Waals surface area contributed by atoms with Crippen LogP contribution < -0.4 is 10.1 Å². The highest BCUT2D eigenvalue weighted by atomic mass is 35.5. The molecule has 0 aliphatic carbocycles. The fraction of sp³-hybridized carbons (Fsp3) is 0.350. The summed E-state index contributed by atoms with van der Waals surface area (Å²) in [4.78, 5) is 12.4. The van der Waals surface area contributed by atoms with Crippen molar-refractivity contribution >= 4 is 33.9 Å². The number of nitrogens with one attached hydrogen (secondary N) is 1. The average molecular weight is 385 g/mol. The zero-order valence-electron chi connectivity index (χ0n) is 15.3. The second-order valence-electron chi connectivity index (χ2n) is 7.26. The minimum absolute atomic E-state index is 0.0466. The van der Waals surface area contributed by atoms with Gasteiger partial charge in [0.15, 0.2) is 0 Å². The number of pyridine rings is 1. The van der Waals surface area contributed by atoms with E-state index in [1.54, 1.807) is 18.6 Å². The van der Waals surface area contributed by atoms with E-state index in [1.165, 1.54) is 0 Å². The van der Waals surface area contributed by atoms with E-state index >= 15 is 0 Å². The molecule has 1 aromatic carbocycles. The van der Waals surface area contributed by atoms with Gasteiger partial charge in [-0.25, -0.2) is 15.0 Å². The molecule has 27 heavy (non-hydrogen) atoms. The topological polar surface area (TPSA) is 69.2 Å². The Morgan fingerprint density at radius 2 is 2.04 bits per heavy atom. The van der Waals surface area contributed by atoms with Crippen molar-refractivity contribution in [1.82, 2.24) is 15.0 Å². The number of aromatic nitrogens is 3. The van der Waals surface area contributed by atoms with Crippen molar-refractivity contribution in [2.24, 2.45) is 0 Å². The first-order chi connectivity index (χ1) is 13.0. The second kappa shape index (κ2) is 7.29. The summed E-state index contributed by atoms with van der Waals surface area (Å²) < 4.78 is 11.9. The molecule has 1 atom stereocenters. The third-order valence-corrected chi connectivity index (χ3v) is 4.80. The Kier molecular flexibility index (Phi) is 4.85. The molecule has 4 rings (SSSR count). The summed E-state index contributed by atoms with van der Waals surface area (Å²) >= 11 is 5.73. The maximum absolute atomic E-state index is 5.99. The molecule has 0 bridgehead atoms. The van der Waals surface area contributed by atoms with Crippen LogP contribution in [0.1, 0.15) is 26.7 Å². The van der Waals surface area contributed by atoms with Gasteiger partial charge in [-0.15, -0.1) is 0 Å². The molecular formula is C20H21ClN4O2. The molecule has 0 amide bonds. The van der Waals surface area contributed by atoms with Crippen LogP contribution in [0.5, 0.6) is 5.75 Å². The second-order valence-corrected chi connectivity index (χ2v) is 7.60. The van der Waals surface area contributed by atoms with Gasteiger partial charge in [-0.3, -0.25) is 0 Å². The Balaban J connectivity index is 1.49. The van der Waals surface area contributed by atoms with Crippen LogP contribution in [0, 0.1) is 0 Å². The molecule has 3 heterocycles. The smallest absolute Gasteiger partial charge is 0.222 e. The van der Waals surface area contributed by atoms with E-state index in [-0.39, 0.29) is 17.0 Å². The lowest BCUT2D eigenvalue weighted by atomic mass is 10.1. The van der Waals surface area contributed by atoms with Gasteiger partial charge in [-0.05, 0) is 67.9 Å². The minimum atomic E-state index is -0.0466. The first-order valence-electron chi connectivity index (χ1n) is 8.92. The van der Waals surface area contributed by atoms with Gasteiger partial charge in [0.2, 0.25) is 5.28 Å². The van der Waals surface area contributed by atoms with E-state index < -0.39 is 0 Å². The van der Waals surface area contributed by atoms with Gasteiger partial charge in [-0.2, -0.15) is 0 Å². The summed E-state index contributed by atoms with van der Waals surface area (Å²) in [5, 5.41) is 5.45. The summed E-state index contributed by atoms with van der Waals surface area (Å²) in [5.41, 5.74) is 0.676. The van der Waals surface area contributed by atoms with Crippen LogP contribution in [-0.4, -0.2) is 33.3 Å². The molecule has 1 saturated heterocycles. The Bertz CT molecular complexity index is 946. The average Bonchev–Trinajstić information content (AvgIpc) is 3.01. The van der Waals surface area contributed by atoms with E-state index in [4.69, 9.17) is 21.1 Å². The molecule has 140 valence electrons. The van der Waals surface area contributed by atoms with Crippen LogP contribution in [0.15, 0.2) is 42.9 Å². The molecule has 0 radical (unpaired) electrons. The van der Waals surface area contributed by atoms with Crippen molar-refractivity contribution in [2.45, 2.75) is 38.4 Å². The summed E-state index contributed by atoms with van der Waals surface area (Å²) in [6.45, 7) is 4.81. The minimum Gasteiger partial charge on any atom is -0.491 e. The van der Waals surface area contributed by atoms with Crippen molar-refractivity contribution in [3.05, 3.63) is 48.1 Å². The van der Waals surface area contributed by atoms with Crippen LogP contribution in [0.3, 0.4) is 0 Å². The highest BCUT2D eigenvalue weighted by Gasteiger charge is 2.31. The zero-order chi connectivity index (χ0) is 18.9. The third-order valence-electron chi connectivity index (χ3n) is 4.61. The Morgan fingerprint density at radius 1 is 1.22 bits per heavy atom. The molecular weight excluding hydrogens is 364 g/mol. The Morgan fingerprint density at radius 3 is 2.78 bits per heavy atom. The normalized spacial score (nSPS) is 18.6. The van der Waals surface area contributed by atoms with Crippen LogP contribution >= 0.6 is 11.6 Å². The van der Waals surface area contributed by atoms with Gasteiger partial charge in [0.25, 0.3) is 0 Å². The molecule has 1 fully saturated rings. The number of hydrogen-bond donors (Lipinski definition) is 1. The largest absolute Gasteiger partial charge is 0.491 e. The van der Waals surface area contributed by atoms with Crippen molar-refractivity contribution in [3.63, 3.8) is 0 Å². The fourth-order valence-corrected chi connectivity index (χ4v) is 3.34. The van der Waals surface area contributed by atoms with E-state index in [0.717, 1.165) is 40.9 Å².